The van der Waals surface area contributed by atoms with Crippen LogP contribution < -0.4 is 4.90 Å². The van der Waals surface area contributed by atoms with Crippen molar-refractivity contribution in [1.82, 2.24) is 15.2 Å². The Bertz CT molecular complexity index is 678. The molecule has 0 amide bonds. The summed E-state index contributed by atoms with van der Waals surface area (Å²) in [5, 5.41) is 8.55. The second-order valence-corrected chi connectivity index (χ2v) is 7.78. The van der Waals surface area contributed by atoms with Gasteiger partial charge < -0.3 is 4.90 Å². The molecule has 3 rings (SSSR count). The minimum Gasteiger partial charge on any atom is -0.347 e. The lowest BCUT2D eigenvalue weighted by atomic mass is 10.3. The van der Waals surface area contributed by atoms with E-state index >= 15 is 0 Å². The van der Waals surface area contributed by atoms with Crippen molar-refractivity contribution in [2.75, 3.05) is 18.0 Å². The molecule has 0 N–H and O–H groups in total. The van der Waals surface area contributed by atoms with Gasteiger partial charge in [-0.05, 0) is 24.5 Å². The van der Waals surface area contributed by atoms with Crippen LogP contribution in [0.2, 0.25) is 0 Å². The number of anilines is 1. The number of hydrogen-bond donors (Lipinski definition) is 0. The Balaban J connectivity index is 1.81. The average molecular weight is 310 g/mol. The summed E-state index contributed by atoms with van der Waals surface area (Å²) >= 11 is 1.15. The van der Waals surface area contributed by atoms with Crippen LogP contribution in [0, 0.1) is 0 Å². The molecule has 6 nitrogen and oxygen atoms in total. The van der Waals surface area contributed by atoms with Gasteiger partial charge in [0.15, 0.2) is 0 Å². The predicted octanol–water partition coefficient (Wildman–Crippen LogP) is 1.51. The Morgan fingerprint density at radius 1 is 1.25 bits per heavy atom. The van der Waals surface area contributed by atoms with Gasteiger partial charge in [0.2, 0.25) is 19.3 Å². The molecule has 0 aliphatic carbocycles. The third-order valence-electron chi connectivity index (χ3n) is 3.12. The molecule has 0 unspecified atom stereocenters. The maximum atomic E-state index is 12.3. The minimum atomic E-state index is -3.44. The number of pyridine rings is 1. The molecule has 2 aromatic heterocycles. The molecule has 1 aliphatic rings. The van der Waals surface area contributed by atoms with Gasteiger partial charge in [0.25, 0.3) is 0 Å². The minimum absolute atomic E-state index is 0.0863. The molecule has 20 heavy (non-hydrogen) atoms. The summed E-state index contributed by atoms with van der Waals surface area (Å²) in [7, 11) is -3.44. The fourth-order valence-electron chi connectivity index (χ4n) is 2.13. The molecule has 0 saturated carbocycles. The monoisotopic (exact) mass is 310 g/mol. The first-order chi connectivity index (χ1) is 9.65. The zero-order valence-electron chi connectivity index (χ0n) is 10.8. The zero-order chi connectivity index (χ0) is 14.0. The van der Waals surface area contributed by atoms with Crippen LogP contribution in [0.5, 0.6) is 0 Å². The van der Waals surface area contributed by atoms with Crippen molar-refractivity contribution in [3.05, 3.63) is 30.1 Å². The van der Waals surface area contributed by atoms with E-state index in [-0.39, 0.29) is 10.1 Å². The van der Waals surface area contributed by atoms with Crippen molar-refractivity contribution >= 4 is 26.3 Å². The van der Waals surface area contributed by atoms with Crippen molar-refractivity contribution in [1.29, 1.82) is 0 Å². The lowest BCUT2D eigenvalue weighted by Crippen LogP contribution is -2.17. The predicted molar refractivity (Wildman–Crippen MR) is 76.5 cm³/mol. The molecule has 3 heterocycles. The molecule has 2 aromatic rings. The highest BCUT2D eigenvalue weighted by Crippen LogP contribution is 2.28. The maximum Gasteiger partial charge on any atom is 0.234 e. The van der Waals surface area contributed by atoms with Crippen LogP contribution in [0.25, 0.3) is 0 Å². The van der Waals surface area contributed by atoms with Crippen molar-refractivity contribution in [3.8, 4) is 0 Å². The highest BCUT2D eigenvalue weighted by Gasteiger charge is 2.24. The second kappa shape index (κ2) is 5.45. The summed E-state index contributed by atoms with van der Waals surface area (Å²) in [6.07, 6.45) is 5.42. The van der Waals surface area contributed by atoms with Crippen molar-refractivity contribution in [2.24, 2.45) is 0 Å². The van der Waals surface area contributed by atoms with E-state index in [1.807, 2.05) is 0 Å². The van der Waals surface area contributed by atoms with Gasteiger partial charge in [-0.3, -0.25) is 4.98 Å². The second-order valence-electron chi connectivity index (χ2n) is 4.67. The largest absolute Gasteiger partial charge is 0.347 e. The summed E-state index contributed by atoms with van der Waals surface area (Å²) in [6, 6.07) is 3.47. The Morgan fingerprint density at radius 2 is 2.05 bits per heavy atom. The molecule has 1 saturated heterocycles. The molecule has 8 heteroatoms. The fourth-order valence-corrected chi connectivity index (χ4v) is 4.57. The highest BCUT2D eigenvalue weighted by molar-refractivity contribution is 7.92. The molecule has 0 radical (unpaired) electrons. The van der Waals surface area contributed by atoms with Gasteiger partial charge in [0.05, 0.1) is 5.75 Å². The number of nitrogens with zero attached hydrogens (tertiary/aromatic N) is 4. The molecule has 106 valence electrons. The summed E-state index contributed by atoms with van der Waals surface area (Å²) in [4.78, 5) is 6.01. The smallest absolute Gasteiger partial charge is 0.234 e. The van der Waals surface area contributed by atoms with Crippen molar-refractivity contribution < 1.29 is 8.42 Å². The molecule has 0 atom stereocenters. The first kappa shape index (κ1) is 13.4. The molecule has 0 spiro atoms. The van der Waals surface area contributed by atoms with Gasteiger partial charge in [-0.2, -0.15) is 0 Å². The van der Waals surface area contributed by atoms with Crippen LogP contribution in [0.4, 0.5) is 5.13 Å². The van der Waals surface area contributed by atoms with Gasteiger partial charge >= 0.3 is 0 Å². The quantitative estimate of drug-likeness (QED) is 0.852. The summed E-state index contributed by atoms with van der Waals surface area (Å²) in [5.74, 6) is -0.0878. The van der Waals surface area contributed by atoms with E-state index in [0.29, 0.717) is 10.7 Å². The van der Waals surface area contributed by atoms with Gasteiger partial charge in [-0.1, -0.05) is 17.4 Å². The summed E-state index contributed by atoms with van der Waals surface area (Å²) in [5.41, 5.74) is 0.658. The van der Waals surface area contributed by atoms with Gasteiger partial charge in [-0.15, -0.1) is 10.2 Å². The third kappa shape index (κ3) is 2.80. The molecule has 0 bridgehead atoms. The van der Waals surface area contributed by atoms with Crippen LogP contribution in [-0.2, 0) is 15.6 Å². The van der Waals surface area contributed by atoms with Crippen LogP contribution in [0.15, 0.2) is 28.9 Å². The number of sulfone groups is 1. The summed E-state index contributed by atoms with van der Waals surface area (Å²) < 4.78 is 24.7. The van der Waals surface area contributed by atoms with E-state index in [2.05, 4.69) is 20.1 Å². The van der Waals surface area contributed by atoms with Crippen molar-refractivity contribution in [2.45, 2.75) is 22.9 Å². The number of hydrogen-bond acceptors (Lipinski definition) is 7. The van der Waals surface area contributed by atoms with Crippen LogP contribution >= 0.6 is 11.3 Å². The van der Waals surface area contributed by atoms with E-state index in [1.54, 1.807) is 24.5 Å². The number of rotatable bonds is 4. The molecular weight excluding hydrogens is 296 g/mol. The fraction of sp³-hybridized carbons (Fsp3) is 0.417. The Hall–Kier alpha value is -1.54. The molecule has 1 aliphatic heterocycles. The van der Waals surface area contributed by atoms with Gasteiger partial charge in [-0.25, -0.2) is 8.42 Å². The Labute approximate surface area is 121 Å². The SMILES string of the molecule is O=S(=O)(Cc1cccnc1)c1nnc(N2CCCC2)s1. The van der Waals surface area contributed by atoms with Gasteiger partial charge in [0, 0.05) is 25.5 Å². The highest BCUT2D eigenvalue weighted by atomic mass is 32.2. The topological polar surface area (TPSA) is 76.0 Å². The lowest BCUT2D eigenvalue weighted by Gasteiger charge is -2.10. The standard InChI is InChI=1S/C12H14N4O2S2/c17-20(18,9-10-4-3-5-13-8-10)12-15-14-11(19-12)16-6-1-2-7-16/h3-5,8H,1-2,6-7,9H2. The van der Waals surface area contributed by atoms with Crippen molar-refractivity contribution in [3.63, 3.8) is 0 Å². The molecular formula is C12H14N4O2S2. The Kier molecular flexibility index (Phi) is 3.66. The van der Waals surface area contributed by atoms with E-state index in [4.69, 9.17) is 0 Å². The van der Waals surface area contributed by atoms with E-state index in [0.717, 1.165) is 37.3 Å². The average Bonchev–Trinajstić information content (AvgIpc) is 3.11. The first-order valence-electron chi connectivity index (χ1n) is 6.35. The summed E-state index contributed by atoms with van der Waals surface area (Å²) in [6.45, 7) is 1.86. The van der Waals surface area contributed by atoms with Crippen LogP contribution in [0.3, 0.4) is 0 Å². The van der Waals surface area contributed by atoms with Gasteiger partial charge in [0.1, 0.15) is 0 Å². The van der Waals surface area contributed by atoms with Crippen LogP contribution in [-0.4, -0.2) is 36.7 Å². The molecule has 1 fully saturated rings. The third-order valence-corrected chi connectivity index (χ3v) is 6.24. The van der Waals surface area contributed by atoms with Crippen LogP contribution in [0.1, 0.15) is 18.4 Å². The Morgan fingerprint density at radius 3 is 2.75 bits per heavy atom. The zero-order valence-corrected chi connectivity index (χ0v) is 12.4. The van der Waals surface area contributed by atoms with E-state index < -0.39 is 9.84 Å². The first-order valence-corrected chi connectivity index (χ1v) is 8.82. The maximum absolute atomic E-state index is 12.3. The van der Waals surface area contributed by atoms with E-state index in [1.165, 1.54) is 0 Å². The van der Waals surface area contributed by atoms with E-state index in [9.17, 15) is 8.42 Å². The molecule has 0 aromatic carbocycles. The number of aromatic nitrogens is 3. The normalized spacial score (nSPS) is 15.7. The lowest BCUT2D eigenvalue weighted by molar-refractivity contribution is 0.593.